The summed E-state index contributed by atoms with van der Waals surface area (Å²) in [4.78, 5) is 26.2. The van der Waals surface area contributed by atoms with Crippen molar-refractivity contribution in [1.29, 1.82) is 5.26 Å². The summed E-state index contributed by atoms with van der Waals surface area (Å²) in [6.07, 6.45) is 3.11. The van der Waals surface area contributed by atoms with Gasteiger partial charge < -0.3 is 16.4 Å². The monoisotopic (exact) mass is 611 g/mol. The van der Waals surface area contributed by atoms with Crippen LogP contribution in [0.1, 0.15) is 51.4 Å². The van der Waals surface area contributed by atoms with Crippen LogP contribution in [-0.4, -0.2) is 38.9 Å². The minimum absolute atomic E-state index is 0.0666. The number of aryl methyl sites for hydroxylation is 2. The van der Waals surface area contributed by atoms with Crippen molar-refractivity contribution in [3.63, 3.8) is 0 Å². The SMILES string of the molecule is Cc1cc(C(=O)NCc2ccc(NS(N)(=O)=O)cc2)cc(-c2nc(C(C)Nc3ncnc(N)c3C#N)nn3ccc(C)c23)c1. The third-order valence-electron chi connectivity index (χ3n) is 6.74. The largest absolute Gasteiger partial charge is 0.382 e. The maximum absolute atomic E-state index is 13.2. The molecule has 0 spiro atoms. The zero-order valence-corrected chi connectivity index (χ0v) is 24.8. The summed E-state index contributed by atoms with van der Waals surface area (Å²) in [7, 11) is -3.88. The van der Waals surface area contributed by atoms with E-state index in [2.05, 4.69) is 30.4 Å². The molecule has 5 rings (SSSR count). The molecule has 0 saturated carbocycles. The fraction of sp³-hybridized carbons (Fsp3) is 0.172. The molecule has 0 aliphatic rings. The molecule has 0 bridgehead atoms. The number of aromatic nitrogens is 5. The second-order valence-electron chi connectivity index (χ2n) is 10.2. The molecule has 44 heavy (non-hydrogen) atoms. The number of nitrogens with zero attached hydrogens (tertiary/aromatic N) is 6. The minimum Gasteiger partial charge on any atom is -0.382 e. The van der Waals surface area contributed by atoms with Gasteiger partial charge in [0.1, 0.15) is 29.6 Å². The lowest BCUT2D eigenvalue weighted by atomic mass is 10.0. The van der Waals surface area contributed by atoms with Crippen LogP contribution in [0, 0.1) is 25.2 Å². The van der Waals surface area contributed by atoms with Crippen LogP contribution in [0.5, 0.6) is 0 Å². The van der Waals surface area contributed by atoms with Gasteiger partial charge in [-0.15, -0.1) is 0 Å². The highest BCUT2D eigenvalue weighted by atomic mass is 32.2. The van der Waals surface area contributed by atoms with Crippen molar-refractivity contribution in [1.82, 2.24) is 29.9 Å². The summed E-state index contributed by atoms with van der Waals surface area (Å²) in [5, 5.41) is 25.3. The topological polar surface area (TPSA) is 219 Å². The normalized spacial score (nSPS) is 12.0. The third kappa shape index (κ3) is 6.56. The Morgan fingerprint density at radius 1 is 1.11 bits per heavy atom. The van der Waals surface area contributed by atoms with Crippen LogP contribution < -0.4 is 26.2 Å². The molecule has 0 radical (unpaired) electrons. The zero-order chi connectivity index (χ0) is 31.6. The number of hydrogen-bond acceptors (Lipinski definition) is 10. The first-order chi connectivity index (χ1) is 20.9. The van der Waals surface area contributed by atoms with Gasteiger partial charge in [0.25, 0.3) is 16.1 Å². The van der Waals surface area contributed by atoms with Gasteiger partial charge >= 0.3 is 0 Å². The average Bonchev–Trinajstić information content (AvgIpc) is 3.35. The molecule has 1 amide bonds. The number of hydrogen-bond donors (Lipinski definition) is 5. The van der Waals surface area contributed by atoms with E-state index < -0.39 is 16.3 Å². The van der Waals surface area contributed by atoms with E-state index in [1.807, 2.05) is 45.2 Å². The zero-order valence-electron chi connectivity index (χ0n) is 24.0. The van der Waals surface area contributed by atoms with E-state index in [1.54, 1.807) is 40.9 Å². The number of anilines is 3. The maximum Gasteiger partial charge on any atom is 0.296 e. The van der Waals surface area contributed by atoms with Crippen LogP contribution >= 0.6 is 0 Å². The van der Waals surface area contributed by atoms with E-state index in [9.17, 15) is 18.5 Å². The van der Waals surface area contributed by atoms with Gasteiger partial charge in [-0.05, 0) is 73.9 Å². The van der Waals surface area contributed by atoms with Gasteiger partial charge in [-0.2, -0.15) is 18.8 Å². The van der Waals surface area contributed by atoms with Gasteiger partial charge in [0, 0.05) is 29.6 Å². The van der Waals surface area contributed by atoms with Crippen molar-refractivity contribution < 1.29 is 13.2 Å². The Morgan fingerprint density at radius 3 is 2.57 bits per heavy atom. The van der Waals surface area contributed by atoms with Gasteiger partial charge in [0.05, 0.1) is 17.3 Å². The predicted octanol–water partition coefficient (Wildman–Crippen LogP) is 2.98. The van der Waals surface area contributed by atoms with Crippen LogP contribution in [0.25, 0.3) is 16.8 Å². The number of nitrogens with two attached hydrogens (primary N) is 2. The number of fused-ring (bicyclic) bond motifs is 1. The van der Waals surface area contributed by atoms with E-state index >= 15 is 0 Å². The van der Waals surface area contributed by atoms with Gasteiger partial charge in [0.2, 0.25) is 0 Å². The number of amides is 1. The number of nitrogens with one attached hydrogen (secondary N) is 3. The van der Waals surface area contributed by atoms with Crippen molar-refractivity contribution in [2.75, 3.05) is 15.8 Å². The fourth-order valence-electron chi connectivity index (χ4n) is 4.66. The Kier molecular flexibility index (Phi) is 8.12. The second-order valence-corrected chi connectivity index (χ2v) is 11.5. The lowest BCUT2D eigenvalue weighted by Crippen LogP contribution is -2.23. The molecule has 0 aliphatic heterocycles. The van der Waals surface area contributed by atoms with E-state index in [0.717, 1.165) is 27.8 Å². The first-order valence-electron chi connectivity index (χ1n) is 13.3. The highest BCUT2D eigenvalue weighted by Gasteiger charge is 2.20. The summed E-state index contributed by atoms with van der Waals surface area (Å²) >= 11 is 0. The smallest absolute Gasteiger partial charge is 0.296 e. The molecule has 2 aromatic carbocycles. The molecule has 7 N–H and O–H groups in total. The molecule has 0 fully saturated rings. The first kappa shape index (κ1) is 29.9. The van der Waals surface area contributed by atoms with Crippen molar-refractivity contribution in [2.45, 2.75) is 33.4 Å². The quantitative estimate of drug-likeness (QED) is 0.164. The summed E-state index contributed by atoms with van der Waals surface area (Å²) in [5.41, 5.74) is 11.5. The van der Waals surface area contributed by atoms with E-state index in [-0.39, 0.29) is 29.7 Å². The average molecular weight is 612 g/mol. The number of carbonyl (C=O) groups excluding carboxylic acids is 1. The van der Waals surface area contributed by atoms with Crippen LogP contribution in [0.4, 0.5) is 17.3 Å². The van der Waals surface area contributed by atoms with Crippen LogP contribution in [0.2, 0.25) is 0 Å². The highest BCUT2D eigenvalue weighted by molar-refractivity contribution is 7.90. The van der Waals surface area contributed by atoms with Crippen molar-refractivity contribution >= 4 is 39.0 Å². The molecule has 3 aromatic heterocycles. The van der Waals surface area contributed by atoms with Gasteiger partial charge in [-0.1, -0.05) is 12.1 Å². The predicted molar refractivity (Wildman–Crippen MR) is 165 cm³/mol. The molecule has 1 atom stereocenters. The lowest BCUT2D eigenvalue weighted by molar-refractivity contribution is 0.0951. The second kappa shape index (κ2) is 12.0. The molecule has 15 heteroatoms. The molecular weight excluding hydrogens is 582 g/mol. The standard InChI is InChI=1S/C29H29N11O3S/c1-16-10-20(12-21(11-16)29(41)33-14-19-4-6-22(7-5-19)39-44(32,42)43)24-25-17(2)8-9-40(25)38-27(37-24)18(3)36-28-23(13-30)26(31)34-15-35-28/h4-12,15,18,39H,14H2,1-3H3,(H,33,41)(H2,32,42,43)(H3,31,34,35,36). The van der Waals surface area contributed by atoms with Crippen LogP contribution in [0.15, 0.2) is 61.1 Å². The fourth-order valence-corrected chi connectivity index (χ4v) is 5.12. The molecule has 1 unspecified atom stereocenters. The first-order valence-corrected chi connectivity index (χ1v) is 14.9. The van der Waals surface area contributed by atoms with Crippen molar-refractivity contribution in [2.24, 2.45) is 5.14 Å². The highest BCUT2D eigenvalue weighted by Crippen LogP contribution is 2.29. The van der Waals surface area contributed by atoms with E-state index in [1.165, 1.54) is 6.33 Å². The van der Waals surface area contributed by atoms with Gasteiger partial charge in [-0.3, -0.25) is 9.52 Å². The lowest BCUT2D eigenvalue weighted by Gasteiger charge is -2.17. The number of rotatable bonds is 9. The van der Waals surface area contributed by atoms with Gasteiger partial charge in [0.15, 0.2) is 5.82 Å². The summed E-state index contributed by atoms with van der Waals surface area (Å²) in [5.74, 6) is 0.472. The molecule has 0 saturated heterocycles. The maximum atomic E-state index is 13.2. The number of nitrogen functional groups attached to an aromatic ring is 1. The van der Waals surface area contributed by atoms with Crippen LogP contribution in [0.3, 0.4) is 0 Å². The Balaban J connectivity index is 1.43. The minimum atomic E-state index is -3.88. The molecular formula is C29H29N11O3S. The van der Waals surface area contributed by atoms with Crippen molar-refractivity contribution in [3.05, 3.63) is 94.7 Å². The Bertz CT molecular complexity index is 2030. The van der Waals surface area contributed by atoms with E-state index in [4.69, 9.17) is 15.9 Å². The number of carbonyl (C=O) groups is 1. The Labute approximate surface area is 253 Å². The molecule has 14 nitrogen and oxygen atoms in total. The van der Waals surface area contributed by atoms with E-state index in [0.29, 0.717) is 22.8 Å². The van der Waals surface area contributed by atoms with Crippen LogP contribution in [-0.2, 0) is 16.8 Å². The molecule has 3 heterocycles. The third-order valence-corrected chi connectivity index (χ3v) is 7.26. The molecule has 5 aromatic rings. The Hall–Kier alpha value is -5.59. The van der Waals surface area contributed by atoms with Crippen molar-refractivity contribution in [3.8, 4) is 17.3 Å². The van der Waals surface area contributed by atoms with Gasteiger partial charge in [-0.25, -0.2) is 24.6 Å². The number of benzene rings is 2. The molecule has 0 aliphatic carbocycles. The summed E-state index contributed by atoms with van der Waals surface area (Å²) in [6.45, 7) is 5.92. The summed E-state index contributed by atoms with van der Waals surface area (Å²) in [6, 6.07) is 15.5. The Morgan fingerprint density at radius 2 is 1.86 bits per heavy atom. The summed E-state index contributed by atoms with van der Waals surface area (Å²) < 4.78 is 26.4. The molecule has 224 valence electrons. The number of nitriles is 1.